The molecule has 0 spiro atoms. The fourth-order valence-corrected chi connectivity index (χ4v) is 4.32. The summed E-state index contributed by atoms with van der Waals surface area (Å²) in [7, 11) is 2.17. The van der Waals surface area contributed by atoms with Gasteiger partial charge in [-0.15, -0.1) is 0 Å². The van der Waals surface area contributed by atoms with Gasteiger partial charge >= 0.3 is 5.97 Å². The highest BCUT2D eigenvalue weighted by Gasteiger charge is 2.16. The fourth-order valence-electron chi connectivity index (χ4n) is 3.24. The van der Waals surface area contributed by atoms with Crippen molar-refractivity contribution in [3.8, 4) is 17.2 Å². The maximum atomic E-state index is 12.8. The molecule has 2 aromatic carbocycles. The summed E-state index contributed by atoms with van der Waals surface area (Å²) in [5.74, 6) is -0.798. The molecule has 0 aromatic heterocycles. The van der Waals surface area contributed by atoms with Gasteiger partial charge in [-0.3, -0.25) is 9.59 Å². The van der Waals surface area contributed by atoms with Crippen LogP contribution in [0.5, 0.6) is 17.2 Å². The van der Waals surface area contributed by atoms with Gasteiger partial charge in [-0.25, -0.2) is 8.42 Å². The van der Waals surface area contributed by atoms with Crippen LogP contribution in [0.4, 0.5) is 5.69 Å². The maximum Gasteiger partial charge on any atom is 0.303 e. The zero-order chi connectivity index (χ0) is 26.0. The SMILES string of the molecule is COCc1cc(OC)c(/C=C/S(=O)(=O)Cc2ccc(OC)c(NC(=O)CCC(=O)O)c2)c(OC)c1. The van der Waals surface area contributed by atoms with Gasteiger partial charge in [-0.1, -0.05) is 6.07 Å². The fraction of sp³-hybridized carbons (Fsp3) is 0.333. The smallest absolute Gasteiger partial charge is 0.303 e. The molecule has 2 aromatic rings. The van der Waals surface area contributed by atoms with Gasteiger partial charge in [-0.05, 0) is 41.5 Å². The van der Waals surface area contributed by atoms with E-state index in [1.165, 1.54) is 39.5 Å². The Morgan fingerprint density at radius 3 is 2.09 bits per heavy atom. The van der Waals surface area contributed by atoms with Gasteiger partial charge in [0.25, 0.3) is 0 Å². The van der Waals surface area contributed by atoms with E-state index in [1.54, 1.807) is 25.3 Å². The van der Waals surface area contributed by atoms with E-state index in [-0.39, 0.29) is 24.3 Å². The van der Waals surface area contributed by atoms with Gasteiger partial charge in [0.2, 0.25) is 5.91 Å². The zero-order valence-electron chi connectivity index (χ0n) is 20.0. The number of carboxylic acid groups (broad SMARTS) is 1. The molecule has 0 bridgehead atoms. The Hall–Kier alpha value is -3.57. The van der Waals surface area contributed by atoms with Crippen molar-refractivity contribution in [1.29, 1.82) is 0 Å². The number of amides is 1. The van der Waals surface area contributed by atoms with Crippen molar-refractivity contribution in [1.82, 2.24) is 0 Å². The number of carbonyl (C=O) groups is 2. The summed E-state index contributed by atoms with van der Waals surface area (Å²) in [4.78, 5) is 22.7. The number of aliphatic carboxylic acids is 1. The van der Waals surface area contributed by atoms with E-state index in [0.29, 0.717) is 35.0 Å². The van der Waals surface area contributed by atoms with Gasteiger partial charge < -0.3 is 29.4 Å². The van der Waals surface area contributed by atoms with Gasteiger partial charge in [0.05, 0.1) is 51.4 Å². The third-order valence-corrected chi connectivity index (χ3v) is 6.11. The number of ether oxygens (including phenoxy) is 4. The maximum absolute atomic E-state index is 12.8. The molecule has 2 rings (SSSR count). The normalized spacial score (nSPS) is 11.3. The standard InChI is InChI=1S/C24H29NO9S/c1-31-14-17-12-21(33-3)18(22(13-17)34-4)9-10-35(29,30)15-16-5-6-20(32-2)19(11-16)25-23(26)7-8-24(27)28/h5-6,9-13H,7-8,14-15H2,1-4H3,(H,25,26)(H,27,28)/b10-9+. The van der Waals surface area contributed by atoms with Crippen LogP contribution >= 0.6 is 0 Å². The van der Waals surface area contributed by atoms with Crippen LogP contribution in [0.15, 0.2) is 35.7 Å². The Kier molecular flexibility index (Phi) is 10.1. The molecule has 0 aliphatic heterocycles. The number of hydrogen-bond acceptors (Lipinski definition) is 8. The van der Waals surface area contributed by atoms with Crippen molar-refractivity contribution in [3.05, 3.63) is 52.4 Å². The van der Waals surface area contributed by atoms with Crippen molar-refractivity contribution in [2.75, 3.05) is 33.8 Å². The molecule has 0 aliphatic carbocycles. The van der Waals surface area contributed by atoms with E-state index in [0.717, 1.165) is 11.0 Å². The first-order valence-electron chi connectivity index (χ1n) is 10.5. The number of hydrogen-bond donors (Lipinski definition) is 2. The molecule has 0 atom stereocenters. The van der Waals surface area contributed by atoms with Gasteiger partial charge in [-0.2, -0.15) is 0 Å². The Morgan fingerprint density at radius 2 is 1.54 bits per heavy atom. The van der Waals surface area contributed by atoms with Crippen molar-refractivity contribution >= 4 is 33.5 Å². The van der Waals surface area contributed by atoms with E-state index in [4.69, 9.17) is 24.1 Å². The highest BCUT2D eigenvalue weighted by molar-refractivity contribution is 7.93. The Balaban J connectivity index is 2.27. The quantitative estimate of drug-likeness (QED) is 0.418. The predicted octanol–water partition coefficient (Wildman–Crippen LogP) is 3.25. The van der Waals surface area contributed by atoms with Crippen LogP contribution in [0.25, 0.3) is 6.08 Å². The Bertz CT molecular complexity index is 1160. The molecule has 190 valence electrons. The van der Waals surface area contributed by atoms with Crippen LogP contribution in [0, 0.1) is 0 Å². The van der Waals surface area contributed by atoms with Crippen LogP contribution in [-0.2, 0) is 36.5 Å². The molecule has 1 amide bonds. The molecule has 0 saturated heterocycles. The molecule has 0 fully saturated rings. The van der Waals surface area contributed by atoms with E-state index < -0.39 is 21.7 Å². The minimum atomic E-state index is -3.74. The summed E-state index contributed by atoms with van der Waals surface area (Å²) in [5.41, 5.74) is 1.91. The first-order valence-corrected chi connectivity index (χ1v) is 12.2. The molecule has 0 aliphatic rings. The molecular weight excluding hydrogens is 478 g/mol. The Morgan fingerprint density at radius 1 is 0.914 bits per heavy atom. The lowest BCUT2D eigenvalue weighted by atomic mass is 10.1. The topological polar surface area (TPSA) is 137 Å². The molecular formula is C24H29NO9S. The number of sulfone groups is 1. The zero-order valence-corrected chi connectivity index (χ0v) is 20.8. The summed E-state index contributed by atoms with van der Waals surface area (Å²) >= 11 is 0. The molecule has 0 heterocycles. The van der Waals surface area contributed by atoms with Crippen molar-refractivity contribution < 1.29 is 42.1 Å². The molecule has 0 radical (unpaired) electrons. The highest BCUT2D eigenvalue weighted by Crippen LogP contribution is 2.33. The first-order chi connectivity index (χ1) is 16.6. The molecule has 11 heteroatoms. The molecule has 2 N–H and O–H groups in total. The number of carbonyl (C=O) groups excluding carboxylic acids is 1. The summed E-state index contributed by atoms with van der Waals surface area (Å²) in [6.45, 7) is 0.335. The second-order valence-electron chi connectivity index (χ2n) is 7.43. The van der Waals surface area contributed by atoms with E-state index >= 15 is 0 Å². The van der Waals surface area contributed by atoms with E-state index in [2.05, 4.69) is 5.32 Å². The first kappa shape index (κ1) is 27.7. The molecule has 35 heavy (non-hydrogen) atoms. The predicted molar refractivity (Wildman–Crippen MR) is 130 cm³/mol. The second-order valence-corrected chi connectivity index (χ2v) is 9.32. The van der Waals surface area contributed by atoms with Gasteiger partial charge in [0.1, 0.15) is 17.2 Å². The number of carboxylic acids is 1. The lowest BCUT2D eigenvalue weighted by molar-refractivity contribution is -0.138. The van der Waals surface area contributed by atoms with Crippen LogP contribution in [0.2, 0.25) is 0 Å². The van der Waals surface area contributed by atoms with Crippen molar-refractivity contribution in [3.63, 3.8) is 0 Å². The molecule has 0 saturated carbocycles. The summed E-state index contributed by atoms with van der Waals surface area (Å²) in [6, 6.07) is 8.05. The average Bonchev–Trinajstić information content (AvgIpc) is 2.81. The van der Waals surface area contributed by atoms with Gasteiger partial charge in [0.15, 0.2) is 9.84 Å². The van der Waals surface area contributed by atoms with Crippen LogP contribution in [0.1, 0.15) is 29.5 Å². The third kappa shape index (κ3) is 8.30. The minimum Gasteiger partial charge on any atom is -0.496 e. The molecule has 10 nitrogen and oxygen atoms in total. The van der Waals surface area contributed by atoms with E-state index in [9.17, 15) is 18.0 Å². The van der Waals surface area contributed by atoms with Crippen LogP contribution in [0.3, 0.4) is 0 Å². The van der Waals surface area contributed by atoms with Crippen LogP contribution < -0.4 is 19.5 Å². The largest absolute Gasteiger partial charge is 0.496 e. The average molecular weight is 508 g/mol. The van der Waals surface area contributed by atoms with Crippen LogP contribution in [-0.4, -0.2) is 53.8 Å². The van der Waals surface area contributed by atoms with Gasteiger partial charge in [0, 0.05) is 18.9 Å². The summed E-state index contributed by atoms with van der Waals surface area (Å²) in [5, 5.41) is 12.4. The number of anilines is 1. The summed E-state index contributed by atoms with van der Waals surface area (Å²) < 4.78 is 46.8. The van der Waals surface area contributed by atoms with Crippen molar-refractivity contribution in [2.24, 2.45) is 0 Å². The monoisotopic (exact) mass is 507 g/mol. The minimum absolute atomic E-state index is 0.226. The second kappa shape index (κ2) is 12.8. The number of nitrogens with one attached hydrogen (secondary N) is 1. The highest BCUT2D eigenvalue weighted by atomic mass is 32.2. The third-order valence-electron chi connectivity index (χ3n) is 4.83. The molecule has 0 unspecified atom stereocenters. The van der Waals surface area contributed by atoms with E-state index in [1.807, 2.05) is 0 Å². The lowest BCUT2D eigenvalue weighted by Gasteiger charge is -2.13. The Labute approximate surface area is 204 Å². The lowest BCUT2D eigenvalue weighted by Crippen LogP contribution is -2.14. The number of rotatable bonds is 13. The number of benzene rings is 2. The van der Waals surface area contributed by atoms with Crippen molar-refractivity contribution in [2.45, 2.75) is 25.2 Å². The number of methoxy groups -OCH3 is 4. The summed E-state index contributed by atoms with van der Waals surface area (Å²) in [6.07, 6.45) is 0.852.